The molecule has 3 heterocycles. The van der Waals surface area contributed by atoms with Crippen LogP contribution < -0.4 is 9.80 Å². The predicted molar refractivity (Wildman–Crippen MR) is 89.9 cm³/mol. The fraction of sp³-hybridized carbons (Fsp3) is 0.412. The summed E-state index contributed by atoms with van der Waals surface area (Å²) in [5.41, 5.74) is 2.67. The molecule has 0 saturated carbocycles. The number of nitrogens with zero attached hydrogens (tertiary/aromatic N) is 5. The zero-order valence-corrected chi connectivity index (χ0v) is 13.8. The molecular weight excluding hydrogens is 322 g/mol. The molecular formula is C17H19N5O3. The maximum Gasteiger partial charge on any atom is 0.282 e. The van der Waals surface area contributed by atoms with Crippen molar-refractivity contribution in [3.8, 4) is 0 Å². The average Bonchev–Trinajstić information content (AvgIpc) is 3.16. The summed E-state index contributed by atoms with van der Waals surface area (Å²) in [5.74, 6) is -0.225. The topological polar surface area (TPSA) is 91.6 Å². The standard InChI is InChI=1S/C17H19N5O3/c23-16-4-2-1-3-8-20(16)13-6-5-12-7-9-21(14(12)10-13)17(24)15-11-18-19-22(15)25/h5-6,10-11,25H,1-4,7-9H2. The molecule has 4 rings (SSSR count). The van der Waals surface area contributed by atoms with Crippen molar-refractivity contribution in [1.82, 2.24) is 15.2 Å². The van der Waals surface area contributed by atoms with Crippen LogP contribution >= 0.6 is 0 Å². The van der Waals surface area contributed by atoms with E-state index in [0.29, 0.717) is 24.4 Å². The van der Waals surface area contributed by atoms with Crippen LogP contribution in [0.1, 0.15) is 41.7 Å². The van der Waals surface area contributed by atoms with Gasteiger partial charge in [-0.1, -0.05) is 17.3 Å². The summed E-state index contributed by atoms with van der Waals surface area (Å²) in [6.07, 6.45) is 5.52. The van der Waals surface area contributed by atoms with E-state index in [-0.39, 0.29) is 17.5 Å². The Morgan fingerprint density at radius 1 is 1.12 bits per heavy atom. The SMILES string of the molecule is O=C1CCCCCN1c1ccc2c(c1)N(C(=O)c1cnnn1O)CC2. The highest BCUT2D eigenvalue weighted by atomic mass is 16.5. The lowest BCUT2D eigenvalue weighted by Gasteiger charge is -2.23. The Kier molecular flexibility index (Phi) is 3.87. The van der Waals surface area contributed by atoms with Gasteiger partial charge in [0, 0.05) is 30.9 Å². The molecule has 8 heteroatoms. The van der Waals surface area contributed by atoms with Gasteiger partial charge in [0.05, 0.1) is 6.20 Å². The van der Waals surface area contributed by atoms with Crippen molar-refractivity contribution >= 4 is 23.2 Å². The number of carbonyl (C=O) groups excluding carboxylic acids is 2. The molecule has 0 aliphatic carbocycles. The van der Waals surface area contributed by atoms with Crippen LogP contribution in [0.15, 0.2) is 24.4 Å². The Labute approximate surface area is 144 Å². The molecule has 0 atom stereocenters. The summed E-state index contributed by atoms with van der Waals surface area (Å²) in [5, 5.41) is 16.5. The Balaban J connectivity index is 1.66. The molecule has 1 aromatic carbocycles. The average molecular weight is 341 g/mol. The number of benzene rings is 1. The third-order valence-corrected chi connectivity index (χ3v) is 4.85. The van der Waals surface area contributed by atoms with Crippen LogP contribution in [0.2, 0.25) is 0 Å². The molecule has 25 heavy (non-hydrogen) atoms. The number of fused-ring (bicyclic) bond motifs is 1. The van der Waals surface area contributed by atoms with Crippen LogP contribution in [-0.4, -0.2) is 45.3 Å². The van der Waals surface area contributed by atoms with E-state index in [0.717, 1.165) is 42.6 Å². The first-order valence-electron chi connectivity index (χ1n) is 8.50. The Hall–Kier alpha value is -2.90. The van der Waals surface area contributed by atoms with E-state index >= 15 is 0 Å². The van der Waals surface area contributed by atoms with Crippen molar-refractivity contribution in [3.05, 3.63) is 35.7 Å². The molecule has 2 aliphatic heterocycles. The smallest absolute Gasteiger partial charge is 0.282 e. The van der Waals surface area contributed by atoms with Gasteiger partial charge in [-0.15, -0.1) is 5.10 Å². The highest BCUT2D eigenvalue weighted by Gasteiger charge is 2.29. The van der Waals surface area contributed by atoms with Crippen LogP contribution in [0.25, 0.3) is 0 Å². The van der Waals surface area contributed by atoms with Crippen molar-refractivity contribution in [3.63, 3.8) is 0 Å². The van der Waals surface area contributed by atoms with Crippen LogP contribution in [-0.2, 0) is 11.2 Å². The maximum absolute atomic E-state index is 12.7. The first kappa shape index (κ1) is 15.6. The molecule has 130 valence electrons. The zero-order chi connectivity index (χ0) is 17.4. The summed E-state index contributed by atoms with van der Waals surface area (Å²) in [6.45, 7) is 1.23. The molecule has 0 spiro atoms. The number of aromatic nitrogens is 3. The van der Waals surface area contributed by atoms with Gasteiger partial charge in [-0.05, 0) is 42.2 Å². The van der Waals surface area contributed by atoms with Gasteiger partial charge in [-0.25, -0.2) is 0 Å². The number of hydrogen-bond acceptors (Lipinski definition) is 5. The first-order valence-corrected chi connectivity index (χ1v) is 8.50. The lowest BCUT2D eigenvalue weighted by molar-refractivity contribution is -0.118. The number of amides is 2. The molecule has 0 radical (unpaired) electrons. The quantitative estimate of drug-likeness (QED) is 0.838. The number of anilines is 2. The first-order chi connectivity index (χ1) is 12.1. The van der Waals surface area contributed by atoms with E-state index in [1.165, 1.54) is 6.20 Å². The summed E-state index contributed by atoms with van der Waals surface area (Å²) >= 11 is 0. The third kappa shape index (κ3) is 2.73. The fourth-order valence-electron chi connectivity index (χ4n) is 3.51. The van der Waals surface area contributed by atoms with Gasteiger partial charge in [0.2, 0.25) is 5.91 Å². The molecule has 8 nitrogen and oxygen atoms in total. The van der Waals surface area contributed by atoms with Crippen LogP contribution in [0.3, 0.4) is 0 Å². The van der Waals surface area contributed by atoms with Gasteiger partial charge in [-0.3, -0.25) is 9.59 Å². The Morgan fingerprint density at radius 3 is 2.80 bits per heavy atom. The Morgan fingerprint density at radius 2 is 2.00 bits per heavy atom. The highest BCUT2D eigenvalue weighted by Crippen LogP contribution is 2.34. The Bertz CT molecular complexity index is 831. The van der Waals surface area contributed by atoms with Crippen molar-refractivity contribution in [2.75, 3.05) is 22.9 Å². The fourth-order valence-corrected chi connectivity index (χ4v) is 3.51. The summed E-state index contributed by atoms with van der Waals surface area (Å²) in [7, 11) is 0. The summed E-state index contributed by atoms with van der Waals surface area (Å²) in [4.78, 5) is 28.9. The van der Waals surface area contributed by atoms with Gasteiger partial charge in [0.1, 0.15) is 0 Å². The second-order valence-corrected chi connectivity index (χ2v) is 6.38. The van der Waals surface area contributed by atoms with Crippen LogP contribution in [0.5, 0.6) is 0 Å². The predicted octanol–water partition coefficient (Wildman–Crippen LogP) is 1.63. The minimum absolute atomic E-state index is 0.0177. The number of hydrogen-bond donors (Lipinski definition) is 1. The molecule has 1 saturated heterocycles. The minimum atomic E-state index is -0.356. The van der Waals surface area contributed by atoms with E-state index in [1.54, 1.807) is 4.90 Å². The van der Waals surface area contributed by atoms with E-state index in [4.69, 9.17) is 0 Å². The molecule has 0 unspecified atom stereocenters. The van der Waals surface area contributed by atoms with E-state index < -0.39 is 0 Å². The molecule has 1 fully saturated rings. The molecule has 2 aliphatic rings. The van der Waals surface area contributed by atoms with Gasteiger partial charge < -0.3 is 15.0 Å². The molecule has 2 amide bonds. The number of rotatable bonds is 2. The van der Waals surface area contributed by atoms with Crippen molar-refractivity contribution in [2.24, 2.45) is 0 Å². The summed E-state index contributed by atoms with van der Waals surface area (Å²) in [6, 6.07) is 5.83. The lowest BCUT2D eigenvalue weighted by Crippen LogP contribution is -2.32. The van der Waals surface area contributed by atoms with Crippen molar-refractivity contribution < 1.29 is 14.8 Å². The van der Waals surface area contributed by atoms with Gasteiger partial charge >= 0.3 is 0 Å². The monoisotopic (exact) mass is 341 g/mol. The van der Waals surface area contributed by atoms with E-state index in [9.17, 15) is 14.8 Å². The van der Waals surface area contributed by atoms with E-state index in [2.05, 4.69) is 10.3 Å². The van der Waals surface area contributed by atoms with Crippen molar-refractivity contribution in [2.45, 2.75) is 32.1 Å². The molecule has 1 aromatic heterocycles. The second kappa shape index (κ2) is 6.19. The lowest BCUT2D eigenvalue weighted by atomic mass is 10.1. The molecule has 2 aromatic rings. The molecule has 1 N–H and O–H groups in total. The normalized spacial score (nSPS) is 17.5. The second-order valence-electron chi connectivity index (χ2n) is 6.38. The summed E-state index contributed by atoms with van der Waals surface area (Å²) < 4.78 is 0. The van der Waals surface area contributed by atoms with Gasteiger partial charge in [0.25, 0.3) is 5.91 Å². The molecule has 0 bridgehead atoms. The van der Waals surface area contributed by atoms with Crippen molar-refractivity contribution in [1.29, 1.82) is 0 Å². The highest BCUT2D eigenvalue weighted by molar-refractivity contribution is 6.06. The largest absolute Gasteiger partial charge is 0.410 e. The van der Waals surface area contributed by atoms with E-state index in [1.807, 2.05) is 23.1 Å². The maximum atomic E-state index is 12.7. The van der Waals surface area contributed by atoms with Crippen LogP contribution in [0.4, 0.5) is 11.4 Å². The number of carbonyl (C=O) groups is 2. The minimum Gasteiger partial charge on any atom is -0.410 e. The van der Waals surface area contributed by atoms with Crippen LogP contribution in [0, 0.1) is 0 Å². The zero-order valence-electron chi connectivity index (χ0n) is 13.8. The van der Waals surface area contributed by atoms with Gasteiger partial charge in [-0.2, -0.15) is 0 Å². The third-order valence-electron chi connectivity index (χ3n) is 4.85. The van der Waals surface area contributed by atoms with Gasteiger partial charge in [0.15, 0.2) is 5.69 Å².